The van der Waals surface area contributed by atoms with Crippen molar-refractivity contribution in [2.24, 2.45) is 0 Å². The third kappa shape index (κ3) is 6.34. The Bertz CT molecular complexity index is 674. The number of halogens is 1. The van der Waals surface area contributed by atoms with E-state index in [2.05, 4.69) is 21.7 Å². The molecule has 1 heterocycles. The number of carbonyl (C=O) groups is 1. The van der Waals surface area contributed by atoms with Crippen LogP contribution in [0.4, 0.5) is 0 Å². The van der Waals surface area contributed by atoms with Gasteiger partial charge in [-0.25, -0.2) is 0 Å². The number of thiophene rings is 1. The van der Waals surface area contributed by atoms with Crippen LogP contribution < -0.4 is 10.1 Å². The molecule has 0 aliphatic rings. The number of likely N-dealkylation sites (N-methyl/N-ethyl adjacent to an activating group) is 1. The number of carbonyl (C=O) groups excluding carboxylic acids is 1. The molecule has 0 aliphatic heterocycles. The first-order chi connectivity index (χ1) is 12.0. The van der Waals surface area contributed by atoms with Crippen molar-refractivity contribution in [1.29, 1.82) is 0 Å². The first kappa shape index (κ1) is 19.8. The monoisotopic (exact) mass is 380 g/mol. The van der Waals surface area contributed by atoms with E-state index in [-0.39, 0.29) is 11.9 Å². The molecule has 0 saturated carbocycles. The third-order valence-corrected chi connectivity index (χ3v) is 5.14. The van der Waals surface area contributed by atoms with Gasteiger partial charge in [-0.3, -0.25) is 4.79 Å². The van der Waals surface area contributed by atoms with Gasteiger partial charge in [0.25, 0.3) is 0 Å². The summed E-state index contributed by atoms with van der Waals surface area (Å²) in [5, 5.41) is 5.78. The fourth-order valence-electron chi connectivity index (χ4n) is 2.51. The zero-order valence-corrected chi connectivity index (χ0v) is 16.5. The van der Waals surface area contributed by atoms with Crippen LogP contribution in [0.25, 0.3) is 0 Å². The van der Waals surface area contributed by atoms with Gasteiger partial charge in [-0.2, -0.15) is 0 Å². The van der Waals surface area contributed by atoms with Crippen molar-refractivity contribution in [3.63, 3.8) is 0 Å². The molecule has 0 aliphatic carbocycles. The van der Waals surface area contributed by atoms with Crippen LogP contribution in [0.1, 0.15) is 29.3 Å². The second-order valence-corrected chi connectivity index (χ2v) is 7.58. The largest absolute Gasteiger partial charge is 0.493 e. The Balaban J connectivity index is 1.70. The van der Waals surface area contributed by atoms with Crippen LogP contribution in [0.3, 0.4) is 0 Å². The van der Waals surface area contributed by atoms with E-state index in [0.717, 1.165) is 11.3 Å². The SMILES string of the molecule is Cc1cc(Cl)ccc1OCCCC(=O)NC[C@@H](c1cccs1)N(C)C. The number of nitrogens with one attached hydrogen (secondary N) is 1. The van der Waals surface area contributed by atoms with E-state index >= 15 is 0 Å². The maximum atomic E-state index is 12.1. The maximum absolute atomic E-state index is 12.1. The van der Waals surface area contributed by atoms with Crippen molar-refractivity contribution in [2.75, 3.05) is 27.2 Å². The van der Waals surface area contributed by atoms with E-state index in [4.69, 9.17) is 16.3 Å². The van der Waals surface area contributed by atoms with Gasteiger partial charge >= 0.3 is 0 Å². The number of benzene rings is 1. The Morgan fingerprint density at radius 1 is 1.36 bits per heavy atom. The lowest BCUT2D eigenvalue weighted by atomic mass is 10.2. The van der Waals surface area contributed by atoms with Crippen LogP contribution in [0.2, 0.25) is 5.02 Å². The van der Waals surface area contributed by atoms with E-state index < -0.39 is 0 Å². The first-order valence-electron chi connectivity index (χ1n) is 8.33. The standard InChI is InChI=1S/C19H25ClN2O2S/c1-14-12-15(20)8-9-17(14)24-10-4-7-19(23)21-13-16(22(2)3)18-6-5-11-25-18/h5-6,8-9,11-12,16H,4,7,10,13H2,1-3H3,(H,21,23)/t16-/m0/s1. The fourth-order valence-corrected chi connectivity index (χ4v) is 3.66. The van der Waals surface area contributed by atoms with Gasteiger partial charge in [0.2, 0.25) is 5.91 Å². The average molecular weight is 381 g/mol. The number of nitrogens with zero attached hydrogens (tertiary/aromatic N) is 1. The molecule has 0 fully saturated rings. The molecular weight excluding hydrogens is 356 g/mol. The summed E-state index contributed by atoms with van der Waals surface area (Å²) in [6.45, 7) is 3.08. The summed E-state index contributed by atoms with van der Waals surface area (Å²) in [5.74, 6) is 0.870. The molecule has 1 N–H and O–H groups in total. The Morgan fingerprint density at radius 3 is 2.80 bits per heavy atom. The lowest BCUT2D eigenvalue weighted by molar-refractivity contribution is -0.121. The van der Waals surface area contributed by atoms with E-state index in [1.165, 1.54) is 4.88 Å². The third-order valence-electron chi connectivity index (χ3n) is 3.93. The molecule has 0 saturated heterocycles. The lowest BCUT2D eigenvalue weighted by Crippen LogP contribution is -2.34. The first-order valence-corrected chi connectivity index (χ1v) is 9.58. The van der Waals surface area contributed by atoms with Gasteiger partial charge in [0.1, 0.15) is 5.75 Å². The van der Waals surface area contributed by atoms with E-state index in [1.807, 2.05) is 45.3 Å². The molecule has 0 unspecified atom stereocenters. The quantitative estimate of drug-likeness (QED) is 0.660. The topological polar surface area (TPSA) is 41.6 Å². The molecule has 1 aromatic heterocycles. The summed E-state index contributed by atoms with van der Waals surface area (Å²) in [4.78, 5) is 15.4. The van der Waals surface area contributed by atoms with Gasteiger partial charge < -0.3 is 15.0 Å². The molecule has 4 nitrogen and oxygen atoms in total. The van der Waals surface area contributed by atoms with Crippen LogP contribution in [-0.4, -0.2) is 38.1 Å². The van der Waals surface area contributed by atoms with Crippen molar-refractivity contribution in [3.05, 3.63) is 51.2 Å². The second kappa shape index (κ2) is 9.80. The molecule has 1 aromatic carbocycles. The minimum Gasteiger partial charge on any atom is -0.493 e. The van der Waals surface area contributed by atoms with Crippen LogP contribution in [-0.2, 0) is 4.79 Å². The summed E-state index contributed by atoms with van der Waals surface area (Å²) >= 11 is 7.64. The highest BCUT2D eigenvalue weighted by molar-refractivity contribution is 7.10. The molecule has 6 heteroatoms. The average Bonchev–Trinajstić information content (AvgIpc) is 3.07. The molecule has 2 rings (SSSR count). The molecule has 1 amide bonds. The van der Waals surface area contributed by atoms with Crippen LogP contribution >= 0.6 is 22.9 Å². The zero-order valence-electron chi connectivity index (χ0n) is 14.9. The number of aryl methyl sites for hydroxylation is 1. The Morgan fingerprint density at radius 2 is 2.16 bits per heavy atom. The van der Waals surface area contributed by atoms with E-state index in [1.54, 1.807) is 11.3 Å². The van der Waals surface area contributed by atoms with Crippen molar-refractivity contribution >= 4 is 28.8 Å². The highest BCUT2D eigenvalue weighted by Gasteiger charge is 2.16. The summed E-state index contributed by atoms with van der Waals surface area (Å²) in [6, 6.07) is 9.88. The molecule has 1 atom stereocenters. The van der Waals surface area contributed by atoms with E-state index in [9.17, 15) is 4.79 Å². The number of ether oxygens (including phenoxy) is 1. The van der Waals surface area contributed by atoms with Crippen molar-refractivity contribution in [2.45, 2.75) is 25.8 Å². The Hall–Kier alpha value is -1.56. The molecule has 2 aromatic rings. The summed E-state index contributed by atoms with van der Waals surface area (Å²) in [6.07, 6.45) is 1.14. The lowest BCUT2D eigenvalue weighted by Gasteiger charge is -2.23. The molecule has 136 valence electrons. The minimum atomic E-state index is 0.0554. The predicted octanol–water partition coefficient (Wildman–Crippen LogP) is 4.29. The summed E-state index contributed by atoms with van der Waals surface area (Å²) in [7, 11) is 4.05. The molecule has 0 radical (unpaired) electrons. The fraction of sp³-hybridized carbons (Fsp3) is 0.421. The number of hydrogen-bond acceptors (Lipinski definition) is 4. The molecular formula is C19H25ClN2O2S. The van der Waals surface area contributed by atoms with Gasteiger partial charge in [-0.05, 0) is 62.6 Å². The Kier molecular flexibility index (Phi) is 7.75. The van der Waals surface area contributed by atoms with Gasteiger partial charge in [0.05, 0.1) is 12.6 Å². The van der Waals surface area contributed by atoms with Gasteiger partial charge in [-0.15, -0.1) is 11.3 Å². The minimum absolute atomic E-state index is 0.0554. The van der Waals surface area contributed by atoms with Crippen molar-refractivity contribution in [1.82, 2.24) is 10.2 Å². The van der Waals surface area contributed by atoms with Gasteiger partial charge in [-0.1, -0.05) is 17.7 Å². The summed E-state index contributed by atoms with van der Waals surface area (Å²) in [5.41, 5.74) is 1.00. The highest BCUT2D eigenvalue weighted by atomic mass is 35.5. The van der Waals surface area contributed by atoms with Crippen LogP contribution in [0, 0.1) is 6.92 Å². The normalized spacial score (nSPS) is 12.2. The van der Waals surface area contributed by atoms with Crippen molar-refractivity contribution in [3.8, 4) is 5.75 Å². The van der Waals surface area contributed by atoms with Crippen LogP contribution in [0.15, 0.2) is 35.7 Å². The smallest absolute Gasteiger partial charge is 0.220 e. The molecule has 25 heavy (non-hydrogen) atoms. The van der Waals surface area contributed by atoms with Gasteiger partial charge in [0.15, 0.2) is 0 Å². The number of hydrogen-bond donors (Lipinski definition) is 1. The molecule has 0 spiro atoms. The van der Waals surface area contributed by atoms with E-state index in [0.29, 0.717) is 31.0 Å². The maximum Gasteiger partial charge on any atom is 0.220 e. The number of amides is 1. The van der Waals surface area contributed by atoms with Crippen molar-refractivity contribution < 1.29 is 9.53 Å². The summed E-state index contributed by atoms with van der Waals surface area (Å²) < 4.78 is 5.72. The second-order valence-electron chi connectivity index (χ2n) is 6.16. The highest BCUT2D eigenvalue weighted by Crippen LogP contribution is 2.23. The van der Waals surface area contributed by atoms with Crippen LogP contribution in [0.5, 0.6) is 5.75 Å². The Labute approximate surface area is 158 Å². The molecule has 0 bridgehead atoms. The number of rotatable bonds is 9. The zero-order chi connectivity index (χ0) is 18.2. The predicted molar refractivity (Wildman–Crippen MR) is 105 cm³/mol. The van der Waals surface area contributed by atoms with Gasteiger partial charge in [0, 0.05) is 22.9 Å².